The van der Waals surface area contributed by atoms with Gasteiger partial charge in [-0.2, -0.15) is 0 Å². The smallest absolute Gasteiger partial charge is 0.0640 e. The van der Waals surface area contributed by atoms with Gasteiger partial charge in [0.1, 0.15) is 0 Å². The van der Waals surface area contributed by atoms with E-state index in [4.69, 9.17) is 0 Å². The van der Waals surface area contributed by atoms with Gasteiger partial charge in [-0.1, -0.05) is 188 Å². The van der Waals surface area contributed by atoms with Gasteiger partial charge in [0.25, 0.3) is 0 Å². The summed E-state index contributed by atoms with van der Waals surface area (Å²) < 4.78 is 2.55. The van der Waals surface area contributed by atoms with Gasteiger partial charge in [0.15, 0.2) is 0 Å². The van der Waals surface area contributed by atoms with Crippen LogP contribution in [0.5, 0.6) is 0 Å². The van der Waals surface area contributed by atoms with Crippen molar-refractivity contribution >= 4 is 65.6 Å². The lowest BCUT2D eigenvalue weighted by atomic mass is 9.99. The number of rotatable bonds is 10. The summed E-state index contributed by atoms with van der Waals surface area (Å²) in [5, 5.41) is 2.55. The van der Waals surface area contributed by atoms with Gasteiger partial charge in [0, 0.05) is 43.8 Å². The van der Waals surface area contributed by atoms with Gasteiger partial charge < -0.3 is 9.80 Å². The monoisotopic (exact) mass is 822 g/mol. The molecule has 0 saturated heterocycles. The molecule has 0 aliphatic carbocycles. The quantitative estimate of drug-likeness (QED) is 0.136. The second-order valence-electron chi connectivity index (χ2n) is 15.7. The standard InChI is InChI=1S/C60H42N2S/c1-4-16-43(17-5-1)46-30-36-50(37-31-46)61(51-38-32-47(33-39-51)44-18-6-2-7-19-44)53-23-14-22-49(42-53)54-24-10-12-27-57(54)62(52-40-34-48(35-41-52)45-20-8-3-9-21-45)58-28-15-26-56-55-25-11-13-29-59(55)63-60(56)58/h1-42H. The summed E-state index contributed by atoms with van der Waals surface area (Å²) in [6.45, 7) is 0. The predicted molar refractivity (Wildman–Crippen MR) is 270 cm³/mol. The van der Waals surface area contributed by atoms with Crippen molar-refractivity contribution in [2.45, 2.75) is 0 Å². The first kappa shape index (κ1) is 38.0. The molecule has 0 saturated carbocycles. The van der Waals surface area contributed by atoms with E-state index in [1.54, 1.807) is 0 Å². The Morgan fingerprint density at radius 3 is 1.24 bits per heavy atom. The molecule has 0 unspecified atom stereocenters. The molecule has 0 N–H and O–H groups in total. The van der Waals surface area contributed by atoms with Crippen molar-refractivity contribution in [1.82, 2.24) is 0 Å². The lowest BCUT2D eigenvalue weighted by Gasteiger charge is -2.29. The molecule has 11 aromatic rings. The van der Waals surface area contributed by atoms with Crippen molar-refractivity contribution < 1.29 is 0 Å². The minimum atomic E-state index is 1.08. The first-order chi connectivity index (χ1) is 31.2. The van der Waals surface area contributed by atoms with Crippen molar-refractivity contribution in [2.75, 3.05) is 9.80 Å². The number of nitrogens with zero attached hydrogens (tertiary/aromatic N) is 2. The Labute approximate surface area is 372 Å². The Morgan fingerprint density at radius 1 is 0.254 bits per heavy atom. The number of thiophene rings is 1. The van der Waals surface area contributed by atoms with Crippen LogP contribution in [0.2, 0.25) is 0 Å². The highest BCUT2D eigenvalue weighted by atomic mass is 32.1. The molecule has 0 bridgehead atoms. The van der Waals surface area contributed by atoms with E-state index < -0.39 is 0 Å². The third kappa shape index (κ3) is 7.46. The van der Waals surface area contributed by atoms with E-state index in [0.29, 0.717) is 0 Å². The first-order valence-corrected chi connectivity index (χ1v) is 22.2. The van der Waals surface area contributed by atoms with Crippen LogP contribution < -0.4 is 9.80 Å². The zero-order valence-corrected chi connectivity index (χ0v) is 35.4. The molecule has 63 heavy (non-hydrogen) atoms. The number of hydrogen-bond acceptors (Lipinski definition) is 3. The van der Waals surface area contributed by atoms with Crippen LogP contribution >= 0.6 is 11.3 Å². The highest BCUT2D eigenvalue weighted by Gasteiger charge is 2.22. The Balaban J connectivity index is 1.05. The molecule has 0 radical (unpaired) electrons. The number of benzene rings is 10. The van der Waals surface area contributed by atoms with Crippen LogP contribution in [0, 0.1) is 0 Å². The summed E-state index contributed by atoms with van der Waals surface area (Å²) in [5.41, 5.74) is 16.1. The SMILES string of the molecule is c1ccc(-c2ccc(N(c3ccc(-c4ccccc4)cc3)c3cccc(-c4ccccc4N(c4ccc(-c5ccccc5)cc4)c4cccc5c4sc4ccccc45)c3)cc2)cc1. The first-order valence-electron chi connectivity index (χ1n) is 21.4. The molecule has 10 aromatic carbocycles. The molecule has 2 nitrogen and oxygen atoms in total. The maximum absolute atomic E-state index is 2.46. The zero-order valence-electron chi connectivity index (χ0n) is 34.6. The second-order valence-corrected chi connectivity index (χ2v) is 16.8. The summed E-state index contributed by atoms with van der Waals surface area (Å²) >= 11 is 1.86. The van der Waals surface area contributed by atoms with E-state index in [1.165, 1.54) is 53.6 Å². The summed E-state index contributed by atoms with van der Waals surface area (Å²) in [4.78, 5) is 4.82. The van der Waals surface area contributed by atoms with E-state index in [9.17, 15) is 0 Å². The molecule has 0 aliphatic heterocycles. The van der Waals surface area contributed by atoms with E-state index in [1.807, 2.05) is 11.3 Å². The Morgan fingerprint density at radius 2 is 0.667 bits per heavy atom. The molecule has 0 aliphatic rings. The molecule has 11 rings (SSSR count). The Hall–Kier alpha value is -7.98. The molecule has 1 heterocycles. The third-order valence-electron chi connectivity index (χ3n) is 11.9. The molecular formula is C60H42N2S. The van der Waals surface area contributed by atoms with Gasteiger partial charge in [0.2, 0.25) is 0 Å². The van der Waals surface area contributed by atoms with Crippen LogP contribution in [0.4, 0.5) is 34.1 Å². The normalized spacial score (nSPS) is 11.2. The van der Waals surface area contributed by atoms with Crippen LogP contribution in [0.15, 0.2) is 255 Å². The van der Waals surface area contributed by atoms with Crippen LogP contribution in [0.1, 0.15) is 0 Å². The summed E-state index contributed by atoms with van der Waals surface area (Å²) in [7, 11) is 0. The van der Waals surface area contributed by atoms with Crippen LogP contribution in [-0.4, -0.2) is 0 Å². The van der Waals surface area contributed by atoms with Crippen molar-refractivity contribution in [2.24, 2.45) is 0 Å². The average Bonchev–Trinajstić information content (AvgIpc) is 3.76. The molecule has 3 heteroatoms. The van der Waals surface area contributed by atoms with Gasteiger partial charge in [-0.25, -0.2) is 0 Å². The molecule has 0 fully saturated rings. The number of para-hydroxylation sites is 1. The van der Waals surface area contributed by atoms with Gasteiger partial charge >= 0.3 is 0 Å². The minimum absolute atomic E-state index is 1.08. The Bertz CT molecular complexity index is 3220. The molecule has 0 amide bonds. The van der Waals surface area contributed by atoms with Crippen molar-refractivity contribution in [3.63, 3.8) is 0 Å². The van der Waals surface area contributed by atoms with Crippen LogP contribution in [0.3, 0.4) is 0 Å². The fraction of sp³-hybridized carbons (Fsp3) is 0. The van der Waals surface area contributed by atoms with Gasteiger partial charge in [-0.05, 0) is 106 Å². The fourth-order valence-corrected chi connectivity index (χ4v) is 10.00. The molecule has 0 atom stereocenters. The van der Waals surface area contributed by atoms with Crippen LogP contribution in [-0.2, 0) is 0 Å². The van der Waals surface area contributed by atoms with E-state index >= 15 is 0 Å². The third-order valence-corrected chi connectivity index (χ3v) is 13.1. The van der Waals surface area contributed by atoms with Crippen molar-refractivity contribution in [1.29, 1.82) is 0 Å². The van der Waals surface area contributed by atoms with Gasteiger partial charge in [0.05, 0.1) is 16.1 Å². The lowest BCUT2D eigenvalue weighted by molar-refractivity contribution is 1.28. The Kier molecular flexibility index (Phi) is 10.1. The topological polar surface area (TPSA) is 6.48 Å². The summed E-state index contributed by atoms with van der Waals surface area (Å²) in [6.07, 6.45) is 0. The van der Waals surface area contributed by atoms with Gasteiger partial charge in [-0.3, -0.25) is 0 Å². The highest BCUT2D eigenvalue weighted by molar-refractivity contribution is 7.26. The van der Waals surface area contributed by atoms with E-state index in [2.05, 4.69) is 265 Å². The van der Waals surface area contributed by atoms with E-state index in [0.717, 1.165) is 45.3 Å². The summed E-state index contributed by atoms with van der Waals surface area (Å²) in [6, 6.07) is 92.0. The highest BCUT2D eigenvalue weighted by Crippen LogP contribution is 2.48. The molecule has 1 aromatic heterocycles. The number of hydrogen-bond donors (Lipinski definition) is 0. The minimum Gasteiger partial charge on any atom is -0.310 e. The maximum Gasteiger partial charge on any atom is 0.0640 e. The molecule has 298 valence electrons. The number of anilines is 6. The number of fused-ring (bicyclic) bond motifs is 3. The average molecular weight is 823 g/mol. The zero-order chi connectivity index (χ0) is 42.0. The predicted octanol–water partition coefficient (Wildman–Crippen LogP) is 17.7. The summed E-state index contributed by atoms with van der Waals surface area (Å²) in [5.74, 6) is 0. The molecule has 0 spiro atoms. The van der Waals surface area contributed by atoms with Gasteiger partial charge in [-0.15, -0.1) is 11.3 Å². The van der Waals surface area contributed by atoms with Crippen LogP contribution in [0.25, 0.3) is 64.7 Å². The maximum atomic E-state index is 2.46. The lowest BCUT2D eigenvalue weighted by Crippen LogP contribution is -2.12. The largest absolute Gasteiger partial charge is 0.310 e. The second kappa shape index (κ2) is 16.8. The van der Waals surface area contributed by atoms with Crippen molar-refractivity contribution in [3.05, 3.63) is 255 Å². The molecular weight excluding hydrogens is 781 g/mol. The fourth-order valence-electron chi connectivity index (χ4n) is 8.79. The van der Waals surface area contributed by atoms with E-state index in [-0.39, 0.29) is 0 Å². The van der Waals surface area contributed by atoms with Crippen molar-refractivity contribution in [3.8, 4) is 44.5 Å².